The molecule has 2 aromatic carbocycles. The largest absolute Gasteiger partial charge is 0.325 e. The molecule has 0 atom stereocenters. The van der Waals surface area contributed by atoms with Gasteiger partial charge in [-0.3, -0.25) is 4.79 Å². The molecule has 0 radical (unpaired) electrons. The summed E-state index contributed by atoms with van der Waals surface area (Å²) in [5, 5.41) is 5.92. The molecule has 22 heavy (non-hydrogen) atoms. The average Bonchev–Trinajstić information content (AvgIpc) is 2.55. The van der Waals surface area contributed by atoms with Crippen LogP contribution in [0.5, 0.6) is 0 Å². The Kier molecular flexibility index (Phi) is 6.22. The van der Waals surface area contributed by atoms with E-state index in [9.17, 15) is 4.79 Å². The van der Waals surface area contributed by atoms with Crippen LogP contribution in [0.15, 0.2) is 54.6 Å². The standard InChI is InChI=1S/C19H20N2O/c1-2-14-20-15-19(22)21-18-12-10-17(11-13-18)9-8-16-6-4-3-5-7-16/h3-7,10-13,20H,2,14-15H2,1H3,(H,21,22). The van der Waals surface area contributed by atoms with Crippen molar-refractivity contribution in [3.8, 4) is 11.8 Å². The molecule has 0 saturated carbocycles. The van der Waals surface area contributed by atoms with Gasteiger partial charge in [0.15, 0.2) is 0 Å². The van der Waals surface area contributed by atoms with Crippen LogP contribution in [0.3, 0.4) is 0 Å². The van der Waals surface area contributed by atoms with Crippen LogP contribution in [-0.2, 0) is 4.79 Å². The maximum Gasteiger partial charge on any atom is 0.238 e. The molecule has 0 heterocycles. The molecule has 0 aromatic heterocycles. The summed E-state index contributed by atoms with van der Waals surface area (Å²) in [5.74, 6) is 6.19. The van der Waals surface area contributed by atoms with Gasteiger partial charge in [0.2, 0.25) is 5.91 Å². The number of anilines is 1. The van der Waals surface area contributed by atoms with Gasteiger partial charge in [-0.05, 0) is 49.4 Å². The van der Waals surface area contributed by atoms with E-state index < -0.39 is 0 Å². The molecule has 0 spiro atoms. The second kappa shape index (κ2) is 8.66. The SMILES string of the molecule is CCCNCC(=O)Nc1ccc(C#Cc2ccccc2)cc1. The van der Waals surface area contributed by atoms with E-state index >= 15 is 0 Å². The minimum absolute atomic E-state index is 0.0310. The molecule has 0 aliphatic rings. The van der Waals surface area contributed by atoms with Crippen molar-refractivity contribution in [2.75, 3.05) is 18.4 Å². The molecule has 0 aliphatic carbocycles. The minimum atomic E-state index is -0.0310. The Morgan fingerprint density at radius 1 is 0.955 bits per heavy atom. The molecule has 2 N–H and O–H groups in total. The maximum absolute atomic E-state index is 11.7. The predicted octanol–water partition coefficient (Wildman–Crippen LogP) is 3.02. The lowest BCUT2D eigenvalue weighted by molar-refractivity contribution is -0.115. The van der Waals surface area contributed by atoms with Crippen LogP contribution in [-0.4, -0.2) is 19.0 Å². The van der Waals surface area contributed by atoms with Crippen LogP contribution >= 0.6 is 0 Å². The molecule has 0 bridgehead atoms. The Labute approximate surface area is 131 Å². The van der Waals surface area contributed by atoms with E-state index in [1.807, 2.05) is 54.6 Å². The highest BCUT2D eigenvalue weighted by molar-refractivity contribution is 5.92. The summed E-state index contributed by atoms with van der Waals surface area (Å²) < 4.78 is 0. The van der Waals surface area contributed by atoms with Crippen molar-refractivity contribution < 1.29 is 4.79 Å². The zero-order valence-corrected chi connectivity index (χ0v) is 12.7. The topological polar surface area (TPSA) is 41.1 Å². The Morgan fingerprint density at radius 2 is 1.59 bits per heavy atom. The molecule has 3 heteroatoms. The number of rotatable bonds is 5. The lowest BCUT2D eigenvalue weighted by Crippen LogP contribution is -2.28. The van der Waals surface area contributed by atoms with Crippen LogP contribution in [0, 0.1) is 11.8 Å². The molecule has 1 amide bonds. The van der Waals surface area contributed by atoms with Gasteiger partial charge in [-0.2, -0.15) is 0 Å². The van der Waals surface area contributed by atoms with Crippen molar-refractivity contribution in [2.45, 2.75) is 13.3 Å². The zero-order valence-electron chi connectivity index (χ0n) is 12.7. The zero-order chi connectivity index (χ0) is 15.6. The summed E-state index contributed by atoms with van der Waals surface area (Å²) in [6, 6.07) is 17.4. The first-order valence-electron chi connectivity index (χ1n) is 7.45. The molecule has 2 rings (SSSR count). The highest BCUT2D eigenvalue weighted by atomic mass is 16.1. The van der Waals surface area contributed by atoms with Crippen LogP contribution in [0.1, 0.15) is 24.5 Å². The van der Waals surface area contributed by atoms with Crippen LogP contribution < -0.4 is 10.6 Å². The predicted molar refractivity (Wildman–Crippen MR) is 90.7 cm³/mol. The van der Waals surface area contributed by atoms with Gasteiger partial charge in [0.1, 0.15) is 0 Å². The average molecular weight is 292 g/mol. The van der Waals surface area contributed by atoms with E-state index in [1.165, 1.54) is 0 Å². The molecule has 0 aliphatic heterocycles. The van der Waals surface area contributed by atoms with Gasteiger partial charge in [0.05, 0.1) is 6.54 Å². The number of hydrogen-bond donors (Lipinski definition) is 2. The summed E-state index contributed by atoms with van der Waals surface area (Å²) in [7, 11) is 0. The first-order chi connectivity index (χ1) is 10.8. The van der Waals surface area contributed by atoms with E-state index in [0.29, 0.717) is 6.54 Å². The van der Waals surface area contributed by atoms with Crippen LogP contribution in [0.25, 0.3) is 0 Å². The fourth-order valence-electron chi connectivity index (χ4n) is 1.89. The monoisotopic (exact) mass is 292 g/mol. The smallest absolute Gasteiger partial charge is 0.238 e. The third-order valence-electron chi connectivity index (χ3n) is 3.01. The Bertz CT molecular complexity index is 651. The molecule has 0 fully saturated rings. The van der Waals surface area contributed by atoms with Crippen molar-refractivity contribution in [3.63, 3.8) is 0 Å². The first-order valence-corrected chi connectivity index (χ1v) is 7.45. The third-order valence-corrected chi connectivity index (χ3v) is 3.01. The maximum atomic E-state index is 11.7. The van der Waals surface area contributed by atoms with Gasteiger partial charge in [0.25, 0.3) is 0 Å². The van der Waals surface area contributed by atoms with Crippen molar-refractivity contribution in [3.05, 3.63) is 65.7 Å². The highest BCUT2D eigenvalue weighted by Crippen LogP contribution is 2.08. The summed E-state index contributed by atoms with van der Waals surface area (Å²) >= 11 is 0. The van der Waals surface area contributed by atoms with Gasteiger partial charge in [-0.15, -0.1) is 0 Å². The number of hydrogen-bond acceptors (Lipinski definition) is 2. The molecular weight excluding hydrogens is 272 g/mol. The number of amides is 1. The molecule has 3 nitrogen and oxygen atoms in total. The second-order valence-electron chi connectivity index (χ2n) is 4.92. The molecule has 2 aromatic rings. The number of carbonyl (C=O) groups is 1. The number of benzene rings is 2. The first kappa shape index (κ1) is 15.8. The van der Waals surface area contributed by atoms with E-state index in [2.05, 4.69) is 29.4 Å². The van der Waals surface area contributed by atoms with Gasteiger partial charge < -0.3 is 10.6 Å². The normalized spacial score (nSPS) is 9.68. The van der Waals surface area contributed by atoms with Gasteiger partial charge in [0, 0.05) is 16.8 Å². The van der Waals surface area contributed by atoms with E-state index in [-0.39, 0.29) is 5.91 Å². The van der Waals surface area contributed by atoms with Gasteiger partial charge >= 0.3 is 0 Å². The van der Waals surface area contributed by atoms with Gasteiger partial charge in [-0.1, -0.05) is 37.0 Å². The number of nitrogens with one attached hydrogen (secondary N) is 2. The second-order valence-corrected chi connectivity index (χ2v) is 4.92. The highest BCUT2D eigenvalue weighted by Gasteiger charge is 2.00. The molecule has 0 saturated heterocycles. The summed E-state index contributed by atoms with van der Waals surface area (Å²) in [6.45, 7) is 3.25. The van der Waals surface area contributed by atoms with Gasteiger partial charge in [-0.25, -0.2) is 0 Å². The molecule has 112 valence electrons. The molecule has 0 unspecified atom stereocenters. The Morgan fingerprint density at radius 3 is 2.23 bits per heavy atom. The summed E-state index contributed by atoms with van der Waals surface area (Å²) in [4.78, 5) is 11.7. The summed E-state index contributed by atoms with van der Waals surface area (Å²) in [6.07, 6.45) is 1.02. The van der Waals surface area contributed by atoms with Crippen molar-refractivity contribution in [1.29, 1.82) is 0 Å². The quantitative estimate of drug-likeness (QED) is 0.657. The van der Waals surface area contributed by atoms with Crippen molar-refractivity contribution in [2.24, 2.45) is 0 Å². The van der Waals surface area contributed by atoms with Crippen LogP contribution in [0.4, 0.5) is 5.69 Å². The molecular formula is C19H20N2O. The van der Waals surface area contributed by atoms with E-state index in [0.717, 1.165) is 29.8 Å². The van der Waals surface area contributed by atoms with E-state index in [1.54, 1.807) is 0 Å². The minimum Gasteiger partial charge on any atom is -0.325 e. The lowest BCUT2D eigenvalue weighted by atomic mass is 10.1. The number of carbonyl (C=O) groups excluding carboxylic acids is 1. The third kappa shape index (κ3) is 5.43. The van der Waals surface area contributed by atoms with E-state index in [4.69, 9.17) is 0 Å². The lowest BCUT2D eigenvalue weighted by Gasteiger charge is -2.05. The Hall–Kier alpha value is -2.57. The fourth-order valence-corrected chi connectivity index (χ4v) is 1.89. The van der Waals surface area contributed by atoms with Crippen LogP contribution in [0.2, 0.25) is 0 Å². The van der Waals surface area contributed by atoms with Crippen molar-refractivity contribution in [1.82, 2.24) is 5.32 Å². The fraction of sp³-hybridized carbons (Fsp3) is 0.211. The summed E-state index contributed by atoms with van der Waals surface area (Å²) in [5.41, 5.74) is 2.70. The van der Waals surface area contributed by atoms with Crippen molar-refractivity contribution >= 4 is 11.6 Å². The Balaban J connectivity index is 1.91.